The van der Waals surface area contributed by atoms with E-state index < -0.39 is 5.97 Å². The van der Waals surface area contributed by atoms with Crippen molar-refractivity contribution >= 4 is 11.9 Å². The number of carbonyl (C=O) groups is 2. The number of nitrogens with zero attached hydrogens (tertiary/aromatic N) is 4. The molecule has 1 aromatic heterocycles. The van der Waals surface area contributed by atoms with Crippen molar-refractivity contribution in [2.75, 3.05) is 26.7 Å². The van der Waals surface area contributed by atoms with Crippen LogP contribution in [0.4, 0.5) is 0 Å². The highest BCUT2D eigenvalue weighted by Gasteiger charge is 2.32. The molecule has 0 spiro atoms. The highest BCUT2D eigenvalue weighted by molar-refractivity contribution is 5.84. The zero-order valence-electron chi connectivity index (χ0n) is 10.7. The van der Waals surface area contributed by atoms with Gasteiger partial charge in [-0.3, -0.25) is 4.79 Å². The number of rotatable bonds is 6. The largest absolute Gasteiger partial charge is 0.476 e. The predicted molar refractivity (Wildman–Crippen MR) is 65.8 cm³/mol. The van der Waals surface area contributed by atoms with E-state index in [1.54, 1.807) is 4.90 Å². The van der Waals surface area contributed by atoms with Crippen molar-refractivity contribution in [3.8, 4) is 0 Å². The normalized spacial score (nSPS) is 15.3. The van der Waals surface area contributed by atoms with E-state index in [1.807, 2.05) is 7.05 Å². The molecule has 1 aliphatic rings. The van der Waals surface area contributed by atoms with E-state index in [9.17, 15) is 9.59 Å². The molecule has 0 radical (unpaired) electrons. The Morgan fingerprint density at radius 2 is 2.26 bits per heavy atom. The SMILES string of the molecule is CNCCCC(=O)N1CC(n2cc(C(=O)O)nn2)C1. The van der Waals surface area contributed by atoms with E-state index in [-0.39, 0.29) is 17.6 Å². The third-order valence-electron chi connectivity index (χ3n) is 3.14. The highest BCUT2D eigenvalue weighted by atomic mass is 16.4. The topological polar surface area (TPSA) is 100 Å². The quantitative estimate of drug-likeness (QED) is 0.665. The van der Waals surface area contributed by atoms with Crippen molar-refractivity contribution in [1.82, 2.24) is 25.2 Å². The standard InChI is InChI=1S/C11H17N5O3/c1-12-4-2-3-10(17)15-5-8(6-15)16-7-9(11(18)19)13-14-16/h7-8,12H,2-6H2,1H3,(H,18,19). The van der Waals surface area contributed by atoms with Crippen molar-refractivity contribution in [3.05, 3.63) is 11.9 Å². The lowest BCUT2D eigenvalue weighted by atomic mass is 10.1. The molecule has 1 fully saturated rings. The van der Waals surface area contributed by atoms with Gasteiger partial charge in [0.15, 0.2) is 5.69 Å². The highest BCUT2D eigenvalue weighted by Crippen LogP contribution is 2.21. The van der Waals surface area contributed by atoms with Gasteiger partial charge in [-0.2, -0.15) is 0 Å². The summed E-state index contributed by atoms with van der Waals surface area (Å²) in [7, 11) is 1.86. The van der Waals surface area contributed by atoms with Crippen LogP contribution in [0.25, 0.3) is 0 Å². The Labute approximate surface area is 110 Å². The van der Waals surface area contributed by atoms with Crippen LogP contribution in [-0.2, 0) is 4.79 Å². The molecule has 1 amide bonds. The van der Waals surface area contributed by atoms with E-state index >= 15 is 0 Å². The summed E-state index contributed by atoms with van der Waals surface area (Å²) in [4.78, 5) is 24.2. The minimum absolute atomic E-state index is 0.0360. The van der Waals surface area contributed by atoms with Crippen molar-refractivity contribution in [3.63, 3.8) is 0 Å². The van der Waals surface area contributed by atoms with Gasteiger partial charge in [-0.1, -0.05) is 5.21 Å². The first kappa shape index (κ1) is 13.5. The number of carboxylic acids is 1. The fourth-order valence-electron chi connectivity index (χ4n) is 1.95. The number of amides is 1. The van der Waals surface area contributed by atoms with Gasteiger partial charge in [-0.05, 0) is 20.0 Å². The van der Waals surface area contributed by atoms with E-state index in [1.165, 1.54) is 10.9 Å². The minimum atomic E-state index is -1.09. The van der Waals surface area contributed by atoms with Gasteiger partial charge in [0.1, 0.15) is 0 Å². The Kier molecular flexibility index (Phi) is 4.10. The molecular formula is C11H17N5O3. The molecule has 8 nitrogen and oxygen atoms in total. The van der Waals surface area contributed by atoms with Gasteiger partial charge < -0.3 is 15.3 Å². The molecule has 0 unspecified atom stereocenters. The van der Waals surface area contributed by atoms with Crippen LogP contribution in [0.3, 0.4) is 0 Å². The number of aromatic nitrogens is 3. The van der Waals surface area contributed by atoms with Gasteiger partial charge in [0.05, 0.1) is 12.2 Å². The van der Waals surface area contributed by atoms with Crippen molar-refractivity contribution in [2.24, 2.45) is 0 Å². The van der Waals surface area contributed by atoms with Gasteiger partial charge in [-0.15, -0.1) is 5.10 Å². The number of nitrogens with one attached hydrogen (secondary N) is 1. The maximum atomic E-state index is 11.7. The Morgan fingerprint density at radius 1 is 1.53 bits per heavy atom. The fraction of sp³-hybridized carbons (Fsp3) is 0.636. The van der Waals surface area contributed by atoms with Crippen LogP contribution in [-0.4, -0.2) is 63.6 Å². The van der Waals surface area contributed by atoms with Crippen LogP contribution in [0.15, 0.2) is 6.20 Å². The number of hydrogen-bond donors (Lipinski definition) is 2. The summed E-state index contributed by atoms with van der Waals surface area (Å²) in [6.45, 7) is 1.97. The van der Waals surface area contributed by atoms with Crippen LogP contribution in [0.1, 0.15) is 29.4 Å². The van der Waals surface area contributed by atoms with Crippen LogP contribution >= 0.6 is 0 Å². The molecule has 1 aliphatic heterocycles. The number of carbonyl (C=O) groups excluding carboxylic acids is 1. The maximum absolute atomic E-state index is 11.7. The zero-order chi connectivity index (χ0) is 13.8. The Balaban J connectivity index is 1.78. The summed E-state index contributed by atoms with van der Waals surface area (Å²) >= 11 is 0. The lowest BCUT2D eigenvalue weighted by Crippen LogP contribution is -2.50. The predicted octanol–water partition coefficient (Wildman–Crippen LogP) is -0.641. The second kappa shape index (κ2) is 5.79. The number of aromatic carboxylic acids is 1. The molecule has 2 N–H and O–H groups in total. The van der Waals surface area contributed by atoms with Gasteiger partial charge in [0.25, 0.3) is 0 Å². The zero-order valence-corrected chi connectivity index (χ0v) is 10.7. The Morgan fingerprint density at radius 3 is 2.84 bits per heavy atom. The first-order chi connectivity index (χ1) is 9.11. The molecule has 104 valence electrons. The summed E-state index contributed by atoms with van der Waals surface area (Å²) in [6.07, 6.45) is 2.75. The molecule has 0 aromatic carbocycles. The second-order valence-corrected chi connectivity index (χ2v) is 4.55. The van der Waals surface area contributed by atoms with Crippen LogP contribution in [0.2, 0.25) is 0 Å². The van der Waals surface area contributed by atoms with Gasteiger partial charge in [0, 0.05) is 19.5 Å². The molecule has 1 aromatic rings. The summed E-state index contributed by atoms with van der Waals surface area (Å²) in [6, 6.07) is 0.0360. The average Bonchev–Trinajstić information content (AvgIpc) is 2.77. The first-order valence-electron chi connectivity index (χ1n) is 6.19. The fourth-order valence-corrected chi connectivity index (χ4v) is 1.95. The van der Waals surface area contributed by atoms with E-state index in [0.29, 0.717) is 19.5 Å². The van der Waals surface area contributed by atoms with E-state index in [2.05, 4.69) is 15.6 Å². The summed E-state index contributed by atoms with van der Waals surface area (Å²) in [5, 5.41) is 19.1. The van der Waals surface area contributed by atoms with Gasteiger partial charge >= 0.3 is 5.97 Å². The smallest absolute Gasteiger partial charge is 0.358 e. The number of hydrogen-bond acceptors (Lipinski definition) is 5. The lowest BCUT2D eigenvalue weighted by Gasteiger charge is -2.38. The average molecular weight is 267 g/mol. The molecule has 2 rings (SSSR count). The molecule has 0 atom stereocenters. The van der Waals surface area contributed by atoms with E-state index in [4.69, 9.17) is 5.11 Å². The Hall–Kier alpha value is -1.96. The molecule has 0 saturated carbocycles. The van der Waals surface area contributed by atoms with Crippen LogP contribution in [0, 0.1) is 0 Å². The monoisotopic (exact) mass is 267 g/mol. The molecule has 19 heavy (non-hydrogen) atoms. The number of carboxylic acid groups (broad SMARTS) is 1. The first-order valence-corrected chi connectivity index (χ1v) is 6.19. The van der Waals surface area contributed by atoms with Crippen molar-refractivity contribution in [1.29, 1.82) is 0 Å². The Bertz CT molecular complexity index is 467. The lowest BCUT2D eigenvalue weighted by molar-refractivity contribution is -0.137. The van der Waals surface area contributed by atoms with Crippen LogP contribution in [0.5, 0.6) is 0 Å². The summed E-state index contributed by atoms with van der Waals surface area (Å²) < 4.78 is 1.51. The van der Waals surface area contributed by atoms with Crippen LogP contribution < -0.4 is 5.32 Å². The minimum Gasteiger partial charge on any atom is -0.476 e. The molecule has 0 bridgehead atoms. The molecular weight excluding hydrogens is 250 g/mol. The third kappa shape index (κ3) is 3.08. The molecule has 2 heterocycles. The second-order valence-electron chi connectivity index (χ2n) is 4.55. The molecule has 0 aliphatic carbocycles. The maximum Gasteiger partial charge on any atom is 0.358 e. The summed E-state index contributed by atoms with van der Waals surface area (Å²) in [5.41, 5.74) is -0.0706. The third-order valence-corrected chi connectivity index (χ3v) is 3.14. The van der Waals surface area contributed by atoms with Crippen molar-refractivity contribution < 1.29 is 14.7 Å². The molecule has 8 heteroatoms. The molecule has 1 saturated heterocycles. The van der Waals surface area contributed by atoms with Gasteiger partial charge in [0.2, 0.25) is 5.91 Å². The van der Waals surface area contributed by atoms with Crippen molar-refractivity contribution in [2.45, 2.75) is 18.9 Å². The van der Waals surface area contributed by atoms with E-state index in [0.717, 1.165) is 13.0 Å². The van der Waals surface area contributed by atoms with Gasteiger partial charge in [-0.25, -0.2) is 9.48 Å². The number of likely N-dealkylation sites (tertiary alicyclic amines) is 1. The summed E-state index contributed by atoms with van der Waals surface area (Å²) in [5.74, 6) is -0.962.